The topological polar surface area (TPSA) is 127 Å². The third kappa shape index (κ3) is 4.49. The van der Waals surface area contributed by atoms with Gasteiger partial charge in [-0.15, -0.1) is 0 Å². The molecule has 2 unspecified atom stereocenters. The van der Waals surface area contributed by atoms with Crippen molar-refractivity contribution in [3.05, 3.63) is 0 Å². The molecular weight excluding hydrogens is 196 g/mol. The summed E-state index contributed by atoms with van der Waals surface area (Å²) in [5.41, 5.74) is 0. The quantitative estimate of drug-likeness (QED) is 0.236. The van der Waals surface area contributed by atoms with E-state index in [2.05, 4.69) is 4.74 Å². The molecule has 0 aliphatic heterocycles. The van der Waals surface area contributed by atoms with Gasteiger partial charge in [0.2, 0.25) is 0 Å². The predicted molar refractivity (Wildman–Crippen MR) is 43.0 cm³/mol. The Kier molecular flexibility index (Phi) is 6.34. The first kappa shape index (κ1) is 13.3. The van der Waals surface area contributed by atoms with Crippen LogP contribution >= 0.6 is 0 Å². The van der Waals surface area contributed by atoms with E-state index in [0.29, 0.717) is 0 Å². The van der Waals surface area contributed by atoms with Crippen molar-refractivity contribution in [1.29, 1.82) is 0 Å². The van der Waals surface area contributed by atoms with E-state index < -0.39 is 31.1 Å². The van der Waals surface area contributed by atoms with Crippen molar-refractivity contribution in [2.45, 2.75) is 18.8 Å². The van der Waals surface area contributed by atoms with E-state index in [1.165, 1.54) is 0 Å². The highest BCUT2D eigenvalue weighted by molar-refractivity contribution is 5.70. The van der Waals surface area contributed by atoms with Crippen molar-refractivity contribution < 1.29 is 35.1 Å². The van der Waals surface area contributed by atoms with Crippen LogP contribution in [0.25, 0.3) is 0 Å². The summed E-state index contributed by atoms with van der Waals surface area (Å²) in [5.74, 6) is -2.69. The first-order chi connectivity index (χ1) is 6.50. The van der Waals surface area contributed by atoms with Gasteiger partial charge in [-0.05, 0) is 6.42 Å². The lowest BCUT2D eigenvalue weighted by Crippen LogP contribution is -2.38. The number of ether oxygens (including phenoxy) is 1. The van der Waals surface area contributed by atoms with Gasteiger partial charge in [-0.1, -0.05) is 0 Å². The fraction of sp³-hybridized carbons (Fsp3) is 0.857. The molecular formula is C7H14O7. The molecule has 0 saturated carbocycles. The Morgan fingerprint density at radius 3 is 2.21 bits per heavy atom. The van der Waals surface area contributed by atoms with Crippen LogP contribution < -0.4 is 0 Å². The molecule has 7 nitrogen and oxygen atoms in total. The zero-order valence-electron chi connectivity index (χ0n) is 7.41. The maximum Gasteiger partial charge on any atom is 0.309 e. The summed E-state index contributed by atoms with van der Waals surface area (Å²) < 4.78 is 4.46. The molecule has 5 N–H and O–H groups in total. The second kappa shape index (κ2) is 6.68. The van der Waals surface area contributed by atoms with E-state index in [1.807, 2.05) is 0 Å². The van der Waals surface area contributed by atoms with Crippen molar-refractivity contribution in [2.75, 3.05) is 13.4 Å². The van der Waals surface area contributed by atoms with E-state index >= 15 is 0 Å². The largest absolute Gasteiger partial charge is 0.481 e. The number of aliphatic carboxylic acids is 1. The minimum Gasteiger partial charge on any atom is -0.481 e. The molecule has 14 heavy (non-hydrogen) atoms. The number of rotatable bonds is 7. The number of aliphatic hydroxyl groups is 4. The molecule has 0 radical (unpaired) electrons. The van der Waals surface area contributed by atoms with Crippen molar-refractivity contribution in [3.63, 3.8) is 0 Å². The van der Waals surface area contributed by atoms with Gasteiger partial charge in [0.1, 0.15) is 12.9 Å². The highest BCUT2D eigenvalue weighted by Gasteiger charge is 2.30. The van der Waals surface area contributed by atoms with E-state index in [9.17, 15) is 4.79 Å². The van der Waals surface area contributed by atoms with Crippen LogP contribution in [0.4, 0.5) is 0 Å². The van der Waals surface area contributed by atoms with Gasteiger partial charge in [-0.25, -0.2) is 0 Å². The van der Waals surface area contributed by atoms with Gasteiger partial charge in [0, 0.05) is 0 Å². The number of carboxylic acids is 1. The van der Waals surface area contributed by atoms with Crippen molar-refractivity contribution in [3.8, 4) is 0 Å². The number of carboxylic acid groups (broad SMARTS) is 1. The minimum atomic E-state index is -2.11. The Balaban J connectivity index is 4.08. The van der Waals surface area contributed by atoms with Gasteiger partial charge in [0.25, 0.3) is 0 Å². The normalized spacial score (nSPS) is 15.5. The van der Waals surface area contributed by atoms with E-state index in [4.69, 9.17) is 25.5 Å². The zero-order chi connectivity index (χ0) is 11.1. The Morgan fingerprint density at radius 2 is 1.86 bits per heavy atom. The maximum absolute atomic E-state index is 10.5. The van der Waals surface area contributed by atoms with Crippen molar-refractivity contribution in [1.82, 2.24) is 0 Å². The molecule has 0 aromatic carbocycles. The van der Waals surface area contributed by atoms with Gasteiger partial charge in [0.15, 0.2) is 6.29 Å². The van der Waals surface area contributed by atoms with Crippen LogP contribution in [0.5, 0.6) is 0 Å². The van der Waals surface area contributed by atoms with Crippen LogP contribution in [0.3, 0.4) is 0 Å². The molecule has 0 bridgehead atoms. The Morgan fingerprint density at radius 1 is 1.29 bits per heavy atom. The molecule has 0 aliphatic rings. The van der Waals surface area contributed by atoms with Crippen LogP contribution in [-0.4, -0.2) is 57.3 Å². The molecule has 0 saturated heterocycles. The molecule has 0 rings (SSSR count). The van der Waals surface area contributed by atoms with Crippen LogP contribution in [0.2, 0.25) is 0 Å². The molecule has 0 spiro atoms. The smallest absolute Gasteiger partial charge is 0.309 e. The first-order valence-corrected chi connectivity index (χ1v) is 3.96. The SMILES string of the molecule is O=C(O)C(CCOCO)C(O)C(O)O. The highest BCUT2D eigenvalue weighted by atomic mass is 16.6. The summed E-state index contributed by atoms with van der Waals surface area (Å²) in [5, 5.41) is 43.0. The maximum atomic E-state index is 10.5. The lowest BCUT2D eigenvalue weighted by molar-refractivity contribution is -0.170. The van der Waals surface area contributed by atoms with Gasteiger partial charge in [-0.2, -0.15) is 0 Å². The van der Waals surface area contributed by atoms with E-state index in [1.54, 1.807) is 0 Å². The Bertz CT molecular complexity index is 169. The average Bonchev–Trinajstić information content (AvgIpc) is 2.10. The monoisotopic (exact) mass is 210 g/mol. The van der Waals surface area contributed by atoms with Crippen LogP contribution in [0, 0.1) is 5.92 Å². The zero-order valence-corrected chi connectivity index (χ0v) is 7.41. The minimum absolute atomic E-state index is 0.0861. The summed E-state index contributed by atoms with van der Waals surface area (Å²) in [6, 6.07) is 0. The highest BCUT2D eigenvalue weighted by Crippen LogP contribution is 2.12. The summed E-state index contributed by atoms with van der Waals surface area (Å²) in [7, 11) is 0. The van der Waals surface area contributed by atoms with Crippen LogP contribution in [0.1, 0.15) is 6.42 Å². The lowest BCUT2D eigenvalue weighted by atomic mass is 9.99. The Hall–Kier alpha value is -0.730. The molecule has 0 aromatic heterocycles. The van der Waals surface area contributed by atoms with Gasteiger partial charge in [-0.3, -0.25) is 4.79 Å². The second-order valence-electron chi connectivity index (χ2n) is 2.67. The molecule has 2 atom stereocenters. The standard InChI is InChI=1S/C7H14O7/c8-3-14-2-1-4(6(10)11)5(9)7(12)13/h4-5,7-9,12-13H,1-3H2,(H,10,11). The van der Waals surface area contributed by atoms with Gasteiger partial charge < -0.3 is 30.3 Å². The number of aliphatic hydroxyl groups excluding tert-OH is 3. The molecule has 0 aromatic rings. The number of hydrogen-bond donors (Lipinski definition) is 5. The number of hydrogen-bond acceptors (Lipinski definition) is 6. The molecule has 84 valence electrons. The van der Waals surface area contributed by atoms with Gasteiger partial charge >= 0.3 is 5.97 Å². The lowest BCUT2D eigenvalue weighted by Gasteiger charge is -2.19. The third-order valence-corrected chi connectivity index (χ3v) is 1.70. The van der Waals surface area contributed by atoms with Crippen molar-refractivity contribution in [2.24, 2.45) is 5.92 Å². The molecule has 0 aliphatic carbocycles. The molecule has 7 heteroatoms. The van der Waals surface area contributed by atoms with Crippen LogP contribution in [-0.2, 0) is 9.53 Å². The third-order valence-electron chi connectivity index (χ3n) is 1.70. The van der Waals surface area contributed by atoms with Crippen molar-refractivity contribution >= 4 is 5.97 Å². The second-order valence-corrected chi connectivity index (χ2v) is 2.67. The summed E-state index contributed by atoms with van der Waals surface area (Å²) in [6.45, 7) is -0.638. The average molecular weight is 210 g/mol. The molecule has 0 fully saturated rings. The summed E-state index contributed by atoms with van der Waals surface area (Å²) >= 11 is 0. The molecule has 0 amide bonds. The summed E-state index contributed by atoms with van der Waals surface area (Å²) in [6.07, 6.45) is -3.99. The summed E-state index contributed by atoms with van der Waals surface area (Å²) in [4.78, 5) is 10.5. The fourth-order valence-corrected chi connectivity index (χ4v) is 0.923. The van der Waals surface area contributed by atoms with E-state index in [0.717, 1.165) is 0 Å². The fourth-order valence-electron chi connectivity index (χ4n) is 0.923. The number of carbonyl (C=O) groups is 1. The Labute approximate surface area is 80.2 Å². The van der Waals surface area contributed by atoms with Gasteiger partial charge in [0.05, 0.1) is 12.5 Å². The van der Waals surface area contributed by atoms with E-state index in [-0.39, 0.29) is 13.0 Å². The predicted octanol–water partition coefficient (Wildman–Crippen LogP) is -2.28. The first-order valence-electron chi connectivity index (χ1n) is 3.96. The molecule has 0 heterocycles. The van der Waals surface area contributed by atoms with Crippen LogP contribution in [0.15, 0.2) is 0 Å².